The number of hydrogen-bond acceptors (Lipinski definition) is 2. The van der Waals surface area contributed by atoms with Crippen molar-refractivity contribution in [3.05, 3.63) is 27.5 Å². The van der Waals surface area contributed by atoms with Crippen LogP contribution in [0.3, 0.4) is 0 Å². The first-order valence-corrected chi connectivity index (χ1v) is 7.42. The van der Waals surface area contributed by atoms with Crippen molar-refractivity contribution < 1.29 is 0 Å². The van der Waals surface area contributed by atoms with Crippen molar-refractivity contribution in [1.82, 2.24) is 0 Å². The minimum Gasteiger partial charge on any atom is -0.144 e. The molecule has 68 valence electrons. The summed E-state index contributed by atoms with van der Waals surface area (Å²) in [4.78, 5) is 4.16. The molecule has 0 radical (unpaired) electrons. The Hall–Kier alpha value is 0.0969. The molecule has 0 saturated carbocycles. The van der Waals surface area contributed by atoms with E-state index in [2.05, 4.69) is 41.1 Å². The van der Waals surface area contributed by atoms with Gasteiger partial charge in [-0.15, -0.1) is 22.7 Å². The van der Waals surface area contributed by atoms with Gasteiger partial charge in [0.2, 0.25) is 0 Å². The summed E-state index contributed by atoms with van der Waals surface area (Å²) in [7, 11) is 1.14. The summed E-state index contributed by atoms with van der Waals surface area (Å²) in [6.07, 6.45) is 0. The Morgan fingerprint density at radius 3 is 2.54 bits per heavy atom. The Labute approximate surface area is 97.2 Å². The lowest BCUT2D eigenvalue weighted by atomic mass is 10.4. The summed E-state index contributed by atoms with van der Waals surface area (Å²) < 4.78 is 2.75. The molecule has 0 saturated heterocycles. The predicted octanol–water partition coefficient (Wildman–Crippen LogP) is 2.54. The van der Waals surface area contributed by atoms with Gasteiger partial charge in [0.25, 0.3) is 0 Å². The average molecular weight is 289 g/mol. The number of halogens is 1. The molecule has 2 heterocycles. The first kappa shape index (κ1) is 9.64. The van der Waals surface area contributed by atoms with Crippen LogP contribution in [-0.2, 0) is 0 Å². The van der Waals surface area contributed by atoms with Gasteiger partial charge in [-0.05, 0) is 45.6 Å². The second kappa shape index (κ2) is 3.69. The van der Waals surface area contributed by atoms with Crippen LogP contribution in [0.4, 0.5) is 0 Å². The van der Waals surface area contributed by atoms with Crippen molar-refractivity contribution in [2.75, 3.05) is 0 Å². The van der Waals surface area contributed by atoms with Gasteiger partial charge in [0.1, 0.15) is 0 Å². The van der Waals surface area contributed by atoms with E-state index in [0.29, 0.717) is 0 Å². The molecule has 0 fully saturated rings. The Morgan fingerprint density at radius 2 is 2.08 bits per heavy atom. The van der Waals surface area contributed by atoms with Gasteiger partial charge < -0.3 is 0 Å². The maximum absolute atomic E-state index is 3.60. The molecule has 2 aromatic rings. The number of hydrogen-bond donors (Lipinski definition) is 0. The second-order valence-electron chi connectivity index (χ2n) is 2.94. The van der Waals surface area contributed by atoms with Gasteiger partial charge in [-0.1, -0.05) is 0 Å². The average Bonchev–Trinajstić information content (AvgIpc) is 2.58. The van der Waals surface area contributed by atoms with Gasteiger partial charge in [0.05, 0.1) is 15.1 Å². The number of thiophene rings is 2. The van der Waals surface area contributed by atoms with Crippen LogP contribution < -0.4 is 4.50 Å². The Balaban J connectivity index is 2.51. The fraction of sp³-hybridized carbons (Fsp3) is 0.111. The first-order valence-electron chi connectivity index (χ1n) is 3.99. The SMILES string of the molecule is Cc1ccc(-c2sc([SiH3])cc2Br)s1. The molecule has 2 rings (SSSR count). The van der Waals surface area contributed by atoms with Crippen molar-refractivity contribution in [3.8, 4) is 9.75 Å². The van der Waals surface area contributed by atoms with Crippen LogP contribution in [-0.4, -0.2) is 10.2 Å². The molecule has 0 spiro atoms. The van der Waals surface area contributed by atoms with E-state index in [9.17, 15) is 0 Å². The third-order valence-corrected chi connectivity index (χ3v) is 5.79. The monoisotopic (exact) mass is 288 g/mol. The highest BCUT2D eigenvalue weighted by Crippen LogP contribution is 2.36. The van der Waals surface area contributed by atoms with Crippen LogP contribution in [0.2, 0.25) is 0 Å². The summed E-state index contributed by atoms with van der Waals surface area (Å²) in [6, 6.07) is 6.62. The van der Waals surface area contributed by atoms with Crippen LogP contribution >= 0.6 is 38.6 Å². The highest BCUT2D eigenvalue weighted by atomic mass is 79.9. The molecular formula is C9H9BrS2Si. The second-order valence-corrected chi connectivity index (χ2v) is 8.15. The van der Waals surface area contributed by atoms with Gasteiger partial charge in [0, 0.05) is 14.2 Å². The fourth-order valence-corrected chi connectivity index (χ4v) is 5.51. The van der Waals surface area contributed by atoms with Crippen LogP contribution in [0.25, 0.3) is 9.75 Å². The molecular weight excluding hydrogens is 280 g/mol. The lowest BCUT2D eigenvalue weighted by Crippen LogP contribution is -1.88. The van der Waals surface area contributed by atoms with Crippen molar-refractivity contribution >= 4 is 53.3 Å². The molecule has 0 aliphatic heterocycles. The molecule has 0 nitrogen and oxygen atoms in total. The number of rotatable bonds is 1. The van der Waals surface area contributed by atoms with E-state index in [-0.39, 0.29) is 0 Å². The van der Waals surface area contributed by atoms with Crippen LogP contribution in [0.15, 0.2) is 22.7 Å². The summed E-state index contributed by atoms with van der Waals surface area (Å²) in [6.45, 7) is 2.15. The molecule has 13 heavy (non-hydrogen) atoms. The quantitative estimate of drug-likeness (QED) is 0.708. The van der Waals surface area contributed by atoms with Gasteiger partial charge in [-0.25, -0.2) is 0 Å². The zero-order chi connectivity index (χ0) is 9.42. The molecule has 0 N–H and O–H groups in total. The van der Waals surface area contributed by atoms with E-state index in [0.717, 1.165) is 10.2 Å². The maximum atomic E-state index is 3.60. The topological polar surface area (TPSA) is 0 Å². The Morgan fingerprint density at radius 1 is 1.31 bits per heavy atom. The van der Waals surface area contributed by atoms with E-state index in [4.69, 9.17) is 0 Å². The zero-order valence-electron chi connectivity index (χ0n) is 7.43. The van der Waals surface area contributed by atoms with Crippen LogP contribution in [0.1, 0.15) is 4.88 Å². The van der Waals surface area contributed by atoms with E-state index in [1.807, 2.05) is 22.7 Å². The summed E-state index contributed by atoms with van der Waals surface area (Å²) in [5, 5.41) is 0. The normalized spacial score (nSPS) is 10.9. The molecule has 0 amide bonds. The van der Waals surface area contributed by atoms with Crippen molar-refractivity contribution in [2.24, 2.45) is 0 Å². The summed E-state index contributed by atoms with van der Waals surface area (Å²) >= 11 is 7.37. The van der Waals surface area contributed by atoms with Gasteiger partial charge in [-0.2, -0.15) is 0 Å². The van der Waals surface area contributed by atoms with E-state index < -0.39 is 0 Å². The van der Waals surface area contributed by atoms with Crippen molar-refractivity contribution in [2.45, 2.75) is 6.92 Å². The fourth-order valence-electron chi connectivity index (χ4n) is 1.21. The maximum Gasteiger partial charge on any atom is 0.0582 e. The third-order valence-electron chi connectivity index (χ3n) is 1.77. The first-order chi connectivity index (χ1) is 6.16. The molecule has 0 bridgehead atoms. The van der Waals surface area contributed by atoms with Crippen molar-refractivity contribution in [1.29, 1.82) is 0 Å². The lowest BCUT2D eigenvalue weighted by molar-refractivity contribution is 1.64. The highest BCUT2D eigenvalue weighted by molar-refractivity contribution is 9.10. The van der Waals surface area contributed by atoms with Crippen molar-refractivity contribution in [3.63, 3.8) is 0 Å². The lowest BCUT2D eigenvalue weighted by Gasteiger charge is -1.91. The minimum absolute atomic E-state index is 1.14. The third kappa shape index (κ3) is 1.96. The summed E-state index contributed by atoms with van der Waals surface area (Å²) in [5.74, 6) is 0. The molecule has 2 aromatic heterocycles. The Bertz CT molecular complexity index is 431. The minimum atomic E-state index is 1.14. The smallest absolute Gasteiger partial charge is 0.0582 e. The van der Waals surface area contributed by atoms with Crippen LogP contribution in [0, 0.1) is 6.92 Å². The summed E-state index contributed by atoms with van der Waals surface area (Å²) in [5.41, 5.74) is 0. The zero-order valence-corrected chi connectivity index (χ0v) is 12.6. The molecule has 0 aliphatic carbocycles. The van der Waals surface area contributed by atoms with Gasteiger partial charge >= 0.3 is 0 Å². The van der Waals surface area contributed by atoms with E-state index in [1.165, 1.54) is 23.6 Å². The van der Waals surface area contributed by atoms with Crippen LogP contribution in [0.5, 0.6) is 0 Å². The van der Waals surface area contributed by atoms with E-state index in [1.54, 1.807) is 0 Å². The van der Waals surface area contributed by atoms with Gasteiger partial charge in [-0.3, -0.25) is 0 Å². The largest absolute Gasteiger partial charge is 0.144 e. The molecule has 0 aromatic carbocycles. The highest BCUT2D eigenvalue weighted by Gasteiger charge is 2.08. The van der Waals surface area contributed by atoms with E-state index >= 15 is 0 Å². The molecule has 0 atom stereocenters. The standard InChI is InChI=1S/C9H9BrS2Si/c1-5-2-3-7(11-5)9-6(10)4-8(13)12-9/h2-4H,1,13H3. The number of aryl methyl sites for hydroxylation is 1. The van der Waals surface area contributed by atoms with Gasteiger partial charge in [0.15, 0.2) is 0 Å². The molecule has 4 heteroatoms. The molecule has 0 unspecified atom stereocenters. The molecule has 0 aliphatic rings. The Kier molecular flexibility index (Phi) is 2.74. The predicted molar refractivity (Wildman–Crippen MR) is 69.6 cm³/mol.